The number of nitro groups is 1. The van der Waals surface area contributed by atoms with Crippen LogP contribution in [0.4, 0.5) is 15.8 Å². The minimum atomic E-state index is -0.522. The first-order chi connectivity index (χ1) is 7.16. The van der Waals surface area contributed by atoms with Gasteiger partial charge in [0.2, 0.25) is 0 Å². The van der Waals surface area contributed by atoms with Crippen LogP contribution in [0.3, 0.4) is 0 Å². The third-order valence-corrected chi connectivity index (χ3v) is 2.63. The molecule has 0 saturated heterocycles. The minimum Gasteiger partial charge on any atom is -0.380 e. The van der Waals surface area contributed by atoms with Gasteiger partial charge in [-0.05, 0) is 25.3 Å². The van der Waals surface area contributed by atoms with E-state index in [4.69, 9.17) is 0 Å². The number of non-ortho nitro benzene ring substituents is 1. The first-order valence-electron chi connectivity index (χ1n) is 4.87. The van der Waals surface area contributed by atoms with Crippen molar-refractivity contribution in [1.29, 1.82) is 0 Å². The number of rotatable bonds is 3. The number of nitrogens with zero attached hydrogens (tertiary/aromatic N) is 1. The molecule has 1 aromatic rings. The Bertz CT molecular complexity index is 391. The van der Waals surface area contributed by atoms with Gasteiger partial charge < -0.3 is 5.32 Å². The fourth-order valence-electron chi connectivity index (χ4n) is 1.51. The summed E-state index contributed by atoms with van der Waals surface area (Å²) in [7, 11) is 0. The molecule has 0 aromatic heterocycles. The van der Waals surface area contributed by atoms with Crippen LogP contribution in [0.5, 0.6) is 0 Å². The lowest BCUT2D eigenvalue weighted by Gasteiger charge is -2.27. The molecular formula is C10H11FN2O2. The number of hydrogen-bond donors (Lipinski definition) is 1. The van der Waals surface area contributed by atoms with Gasteiger partial charge in [-0.15, -0.1) is 0 Å². The maximum atomic E-state index is 13.3. The van der Waals surface area contributed by atoms with E-state index < -0.39 is 10.7 Å². The maximum Gasteiger partial charge on any atom is 0.271 e. The molecule has 15 heavy (non-hydrogen) atoms. The monoisotopic (exact) mass is 210 g/mol. The summed E-state index contributed by atoms with van der Waals surface area (Å²) in [5.74, 6) is -0.437. The lowest BCUT2D eigenvalue weighted by molar-refractivity contribution is -0.384. The lowest BCUT2D eigenvalue weighted by Crippen LogP contribution is -2.27. The van der Waals surface area contributed by atoms with Crippen LogP contribution in [0.15, 0.2) is 18.2 Å². The lowest BCUT2D eigenvalue weighted by atomic mass is 9.93. The molecule has 1 saturated carbocycles. The fourth-order valence-corrected chi connectivity index (χ4v) is 1.51. The summed E-state index contributed by atoms with van der Waals surface area (Å²) in [5, 5.41) is 13.5. The molecule has 0 unspecified atom stereocenters. The van der Waals surface area contributed by atoms with Gasteiger partial charge in [0.05, 0.1) is 10.6 Å². The van der Waals surface area contributed by atoms with Gasteiger partial charge in [-0.1, -0.05) is 0 Å². The Balaban J connectivity index is 2.19. The van der Waals surface area contributed by atoms with E-state index in [9.17, 15) is 14.5 Å². The van der Waals surface area contributed by atoms with Crippen LogP contribution in [0.1, 0.15) is 19.3 Å². The first kappa shape index (κ1) is 9.89. The summed E-state index contributed by atoms with van der Waals surface area (Å²) in [6, 6.07) is 3.80. The Morgan fingerprint density at radius 1 is 1.47 bits per heavy atom. The minimum absolute atomic E-state index is 0.0850. The van der Waals surface area contributed by atoms with Gasteiger partial charge in [-0.25, -0.2) is 4.39 Å². The molecular weight excluding hydrogens is 199 g/mol. The molecule has 0 radical (unpaired) electrons. The molecule has 1 fully saturated rings. The predicted octanol–water partition coefficient (Wildman–Crippen LogP) is 2.70. The van der Waals surface area contributed by atoms with Crippen molar-refractivity contribution >= 4 is 11.4 Å². The van der Waals surface area contributed by atoms with E-state index in [1.165, 1.54) is 12.1 Å². The Hall–Kier alpha value is -1.65. The van der Waals surface area contributed by atoms with Crippen molar-refractivity contribution in [2.24, 2.45) is 0 Å². The molecule has 0 heterocycles. The Kier molecular flexibility index (Phi) is 2.53. The van der Waals surface area contributed by atoms with Gasteiger partial charge in [0, 0.05) is 18.2 Å². The largest absolute Gasteiger partial charge is 0.380 e. The third kappa shape index (κ3) is 2.06. The number of nitro benzene ring substituents is 1. The smallest absolute Gasteiger partial charge is 0.271 e. The van der Waals surface area contributed by atoms with Crippen LogP contribution in [-0.2, 0) is 0 Å². The van der Waals surface area contributed by atoms with E-state index >= 15 is 0 Å². The zero-order valence-electron chi connectivity index (χ0n) is 8.07. The first-order valence-corrected chi connectivity index (χ1v) is 4.87. The van der Waals surface area contributed by atoms with Crippen molar-refractivity contribution in [2.45, 2.75) is 25.3 Å². The molecule has 1 aliphatic carbocycles. The van der Waals surface area contributed by atoms with Gasteiger partial charge in [0.1, 0.15) is 5.82 Å². The number of hydrogen-bond acceptors (Lipinski definition) is 3. The van der Waals surface area contributed by atoms with E-state index in [2.05, 4.69) is 5.32 Å². The SMILES string of the molecule is O=[N+]([O-])c1ccc(F)c(NC2CCC2)c1. The molecule has 1 N–H and O–H groups in total. The van der Waals surface area contributed by atoms with Gasteiger partial charge in [0.15, 0.2) is 0 Å². The zero-order valence-corrected chi connectivity index (χ0v) is 8.07. The Morgan fingerprint density at radius 3 is 2.73 bits per heavy atom. The standard InChI is InChI=1S/C10H11FN2O2/c11-9-5-4-8(13(14)15)6-10(9)12-7-2-1-3-7/h4-7,12H,1-3H2. The van der Waals surface area contributed by atoms with Crippen LogP contribution in [-0.4, -0.2) is 11.0 Å². The van der Waals surface area contributed by atoms with Crippen LogP contribution in [0.25, 0.3) is 0 Å². The second-order valence-corrected chi connectivity index (χ2v) is 3.69. The van der Waals surface area contributed by atoms with Crippen LogP contribution < -0.4 is 5.32 Å². The topological polar surface area (TPSA) is 55.2 Å². The zero-order chi connectivity index (χ0) is 10.8. The normalized spacial score (nSPS) is 15.8. The van der Waals surface area contributed by atoms with Crippen molar-refractivity contribution in [3.05, 3.63) is 34.1 Å². The summed E-state index contributed by atoms with van der Waals surface area (Å²) in [6.45, 7) is 0. The Morgan fingerprint density at radius 2 is 2.20 bits per heavy atom. The molecule has 0 aliphatic heterocycles. The number of nitrogens with one attached hydrogen (secondary N) is 1. The second kappa shape index (κ2) is 3.84. The molecule has 80 valence electrons. The van der Waals surface area contributed by atoms with E-state index in [-0.39, 0.29) is 17.4 Å². The van der Waals surface area contributed by atoms with Crippen molar-refractivity contribution in [3.63, 3.8) is 0 Å². The summed E-state index contributed by atoms with van der Waals surface area (Å²) in [6.07, 6.45) is 3.14. The molecule has 1 aliphatic rings. The van der Waals surface area contributed by atoms with E-state index in [0.717, 1.165) is 25.3 Å². The molecule has 2 rings (SSSR count). The molecule has 4 nitrogen and oxygen atoms in total. The van der Waals surface area contributed by atoms with E-state index in [0.29, 0.717) is 0 Å². The van der Waals surface area contributed by atoms with Gasteiger partial charge in [0.25, 0.3) is 5.69 Å². The van der Waals surface area contributed by atoms with Gasteiger partial charge in [-0.2, -0.15) is 0 Å². The highest BCUT2D eigenvalue weighted by Crippen LogP contribution is 2.27. The van der Waals surface area contributed by atoms with E-state index in [1.54, 1.807) is 0 Å². The highest BCUT2D eigenvalue weighted by Gasteiger charge is 2.19. The Labute approximate surface area is 86.3 Å². The quantitative estimate of drug-likeness (QED) is 0.616. The molecule has 0 bridgehead atoms. The van der Waals surface area contributed by atoms with Crippen molar-refractivity contribution in [2.75, 3.05) is 5.32 Å². The molecule has 0 amide bonds. The van der Waals surface area contributed by atoms with Gasteiger partial charge >= 0.3 is 0 Å². The summed E-state index contributed by atoms with van der Waals surface area (Å²) in [4.78, 5) is 9.97. The van der Waals surface area contributed by atoms with Crippen LogP contribution >= 0.6 is 0 Å². The van der Waals surface area contributed by atoms with E-state index in [1.807, 2.05) is 0 Å². The van der Waals surface area contributed by atoms with Crippen molar-refractivity contribution in [1.82, 2.24) is 0 Å². The number of anilines is 1. The van der Waals surface area contributed by atoms with Crippen LogP contribution in [0, 0.1) is 15.9 Å². The predicted molar refractivity (Wildman–Crippen MR) is 54.3 cm³/mol. The highest BCUT2D eigenvalue weighted by molar-refractivity contribution is 5.53. The average Bonchev–Trinajstić information content (AvgIpc) is 2.13. The number of benzene rings is 1. The van der Waals surface area contributed by atoms with Crippen molar-refractivity contribution < 1.29 is 9.31 Å². The highest BCUT2D eigenvalue weighted by atomic mass is 19.1. The molecule has 0 spiro atoms. The maximum absolute atomic E-state index is 13.3. The second-order valence-electron chi connectivity index (χ2n) is 3.69. The summed E-state index contributed by atoms with van der Waals surface area (Å²) in [5.41, 5.74) is 0.145. The molecule has 5 heteroatoms. The summed E-state index contributed by atoms with van der Waals surface area (Å²) >= 11 is 0. The summed E-state index contributed by atoms with van der Waals surface area (Å²) < 4.78 is 13.3. The third-order valence-electron chi connectivity index (χ3n) is 2.63. The number of halogens is 1. The van der Waals surface area contributed by atoms with Crippen molar-refractivity contribution in [3.8, 4) is 0 Å². The fraction of sp³-hybridized carbons (Fsp3) is 0.400. The van der Waals surface area contributed by atoms with Crippen LogP contribution in [0.2, 0.25) is 0 Å². The molecule has 1 aromatic carbocycles. The molecule has 0 atom stereocenters. The van der Waals surface area contributed by atoms with Gasteiger partial charge in [-0.3, -0.25) is 10.1 Å². The average molecular weight is 210 g/mol.